The van der Waals surface area contributed by atoms with E-state index in [1.807, 2.05) is 73.5 Å². The summed E-state index contributed by atoms with van der Waals surface area (Å²) >= 11 is 0. The Balaban J connectivity index is 1.37. The zero-order valence-electron chi connectivity index (χ0n) is 39.1. The highest BCUT2D eigenvalue weighted by Gasteiger charge is 2.63. The highest BCUT2D eigenvalue weighted by Crippen LogP contribution is 2.52. The van der Waals surface area contributed by atoms with Crippen molar-refractivity contribution in [3.05, 3.63) is 47.2 Å². The molecular weight excluding hydrogens is 823 g/mol. The van der Waals surface area contributed by atoms with Crippen LogP contribution in [0.25, 0.3) is 0 Å². The van der Waals surface area contributed by atoms with Crippen molar-refractivity contribution in [1.82, 2.24) is 4.90 Å². The lowest BCUT2D eigenvalue weighted by molar-refractivity contribution is -0.315. The number of fused-ring (bicyclic) bond motifs is 2. The number of epoxide rings is 1. The molecule has 0 amide bonds. The van der Waals surface area contributed by atoms with Gasteiger partial charge in [0.05, 0.1) is 47.9 Å². The van der Waals surface area contributed by atoms with Crippen LogP contribution in [-0.2, 0) is 72.3 Å². The number of hydrogen-bond acceptors (Lipinski definition) is 15. The molecule has 0 spiro atoms. The molecule has 0 saturated carbocycles. The second-order valence-corrected chi connectivity index (χ2v) is 20.8. The van der Waals surface area contributed by atoms with Crippen LogP contribution in [0.2, 0.25) is 0 Å². The van der Waals surface area contributed by atoms with E-state index in [9.17, 15) is 18.0 Å². The number of rotatable bonds is 13. The quantitative estimate of drug-likeness (QED) is 0.127. The predicted molar refractivity (Wildman–Crippen MR) is 228 cm³/mol. The lowest BCUT2D eigenvalue weighted by Crippen LogP contribution is -2.61. The van der Waals surface area contributed by atoms with E-state index < -0.39 is 99.9 Å². The van der Waals surface area contributed by atoms with Gasteiger partial charge in [0.25, 0.3) is 10.1 Å². The molecule has 2 bridgehead atoms. The second-order valence-electron chi connectivity index (χ2n) is 19.2. The van der Waals surface area contributed by atoms with E-state index in [2.05, 4.69) is 0 Å². The molecule has 17 atom stereocenters. The smallest absolute Gasteiger partial charge is 0.311 e. The number of ether oxygens (including phenoxy) is 9. The number of carbonyl (C=O) groups is 2. The first-order valence-electron chi connectivity index (χ1n) is 22.2. The Hall–Kier alpha value is -2.67. The zero-order valence-corrected chi connectivity index (χ0v) is 39.9. The van der Waals surface area contributed by atoms with Crippen LogP contribution in [0, 0.1) is 17.8 Å². The lowest BCUT2D eigenvalue weighted by Gasteiger charge is -2.49. The molecule has 6 rings (SSSR count). The van der Waals surface area contributed by atoms with E-state index in [4.69, 9.17) is 46.8 Å². The molecule has 1 aromatic rings. The van der Waals surface area contributed by atoms with Crippen LogP contribution in [0.5, 0.6) is 0 Å². The largest absolute Gasteiger partial charge is 0.488 e. The summed E-state index contributed by atoms with van der Waals surface area (Å²) in [5.74, 6) is -2.47. The predicted octanol–water partition coefficient (Wildman–Crippen LogP) is 6.06. The average molecular weight is 894 g/mol. The van der Waals surface area contributed by atoms with E-state index in [1.54, 1.807) is 45.0 Å². The van der Waals surface area contributed by atoms with Gasteiger partial charge in [0, 0.05) is 32.8 Å². The van der Waals surface area contributed by atoms with Gasteiger partial charge in [0.1, 0.15) is 41.0 Å². The standard InChI is InChI=1S/C46H71NO14S/c1-15-34-46(11,59-34)40-27(4)36-25(2)22-45(10,60-36)39(58-43-38(55-31(8)48)33(47(12)13)21-26(3)53-43)28(5)37(29(6)42(49)57-40)56-35-23-44(9,52-14)41(30(7)54-35)61-62(50,51)24-32-19-17-16-18-20-32/h16-20,26-30,33-35,37-41,43H,15,21-24H2,1-14H3/t26-,27+,28+,29-,30+,33+,34-,35?,37+,38-,39-,40-,41+,43?,44-,45-,46-/m1/s1. The number of methoxy groups -OCH3 is 1. The van der Waals surface area contributed by atoms with Gasteiger partial charge in [-0.3, -0.25) is 13.8 Å². The minimum atomic E-state index is -4.08. The average Bonchev–Trinajstić information content (AvgIpc) is 3.77. The normalized spacial score (nSPS) is 42.8. The maximum absolute atomic E-state index is 14.7. The molecule has 0 aromatic heterocycles. The van der Waals surface area contributed by atoms with Gasteiger partial charge in [-0.1, -0.05) is 51.1 Å². The van der Waals surface area contributed by atoms with E-state index in [1.165, 1.54) is 14.0 Å². The summed E-state index contributed by atoms with van der Waals surface area (Å²) < 4.78 is 91.8. The van der Waals surface area contributed by atoms with Crippen molar-refractivity contribution in [2.45, 2.75) is 192 Å². The fourth-order valence-corrected chi connectivity index (χ4v) is 11.9. The summed E-state index contributed by atoms with van der Waals surface area (Å²) in [4.78, 5) is 29.3. The molecule has 62 heavy (non-hydrogen) atoms. The van der Waals surface area contributed by atoms with Crippen LogP contribution >= 0.6 is 0 Å². The molecule has 2 unspecified atom stereocenters. The summed E-state index contributed by atoms with van der Waals surface area (Å²) in [5, 5.41) is 0. The number of carbonyl (C=O) groups excluding carboxylic acids is 2. The van der Waals surface area contributed by atoms with Crippen LogP contribution in [-0.4, -0.2) is 131 Å². The van der Waals surface area contributed by atoms with E-state index in [0.717, 1.165) is 12.0 Å². The van der Waals surface area contributed by atoms with Crippen molar-refractivity contribution in [3.63, 3.8) is 0 Å². The first kappa shape index (κ1) is 48.8. The van der Waals surface area contributed by atoms with Crippen molar-refractivity contribution >= 4 is 22.1 Å². The van der Waals surface area contributed by atoms with E-state index >= 15 is 0 Å². The molecule has 350 valence electrons. The maximum atomic E-state index is 14.7. The number of likely N-dealkylation sites (N-methyl/N-ethyl adjacent to an activating group) is 1. The Morgan fingerprint density at radius 1 is 0.952 bits per heavy atom. The van der Waals surface area contributed by atoms with Gasteiger partial charge in [-0.05, 0) is 86.5 Å². The first-order chi connectivity index (χ1) is 29.0. The van der Waals surface area contributed by atoms with Crippen molar-refractivity contribution in [1.29, 1.82) is 0 Å². The van der Waals surface area contributed by atoms with Crippen molar-refractivity contribution in [3.8, 4) is 0 Å². The Morgan fingerprint density at radius 3 is 2.23 bits per heavy atom. The van der Waals surface area contributed by atoms with Gasteiger partial charge in [-0.2, -0.15) is 8.42 Å². The molecule has 4 fully saturated rings. The third-order valence-electron chi connectivity index (χ3n) is 13.9. The molecule has 15 nitrogen and oxygen atoms in total. The Labute approximate surface area is 368 Å². The zero-order chi connectivity index (χ0) is 45.7. The fraction of sp³-hybridized carbons (Fsp3) is 0.783. The van der Waals surface area contributed by atoms with E-state index in [0.29, 0.717) is 24.2 Å². The maximum Gasteiger partial charge on any atom is 0.311 e. The van der Waals surface area contributed by atoms with Crippen molar-refractivity contribution in [2.24, 2.45) is 17.8 Å². The van der Waals surface area contributed by atoms with Gasteiger partial charge >= 0.3 is 11.9 Å². The summed E-state index contributed by atoms with van der Waals surface area (Å²) in [6.45, 7) is 20.6. The van der Waals surface area contributed by atoms with Crippen LogP contribution in [0.3, 0.4) is 0 Å². The summed E-state index contributed by atoms with van der Waals surface area (Å²) in [6, 6.07) is 8.59. The van der Waals surface area contributed by atoms with Gasteiger partial charge in [-0.25, -0.2) is 0 Å². The van der Waals surface area contributed by atoms with Crippen LogP contribution in [0.4, 0.5) is 0 Å². The summed E-state index contributed by atoms with van der Waals surface area (Å²) in [5.41, 5.74) is -1.39. The van der Waals surface area contributed by atoms with Gasteiger partial charge in [0.15, 0.2) is 18.7 Å². The number of cyclic esters (lactones) is 1. The second kappa shape index (κ2) is 18.7. The summed E-state index contributed by atoms with van der Waals surface area (Å²) in [6.07, 6.45) is -5.54. The molecule has 5 aliphatic rings. The molecule has 5 heterocycles. The Bertz CT molecular complexity index is 1900. The molecular formula is C46H71NO14S. The van der Waals surface area contributed by atoms with Crippen LogP contribution in [0.1, 0.15) is 107 Å². The SMILES string of the molecule is CC[C@H]1O[C@@]1(C)[C@@H]1OC(=O)[C@H](C)[C@@H](OC2C[C@@](C)(OC)[C@@H](OS(=O)(=O)Cc3ccccc3)[C@H](C)O2)[C@H](C)[C@@H](OC2O[C@H](C)C[C@H](N(C)C)[C@H]2OC(C)=O)[C@@]2(C)CC(C)=C(O2)[C@@H]1C. The minimum Gasteiger partial charge on any atom is -0.488 e. The van der Waals surface area contributed by atoms with Crippen molar-refractivity contribution in [2.75, 3.05) is 21.2 Å². The summed E-state index contributed by atoms with van der Waals surface area (Å²) in [7, 11) is 1.29. The highest BCUT2D eigenvalue weighted by atomic mass is 32.2. The van der Waals surface area contributed by atoms with Gasteiger partial charge in [0.2, 0.25) is 0 Å². The Morgan fingerprint density at radius 2 is 1.63 bits per heavy atom. The van der Waals surface area contributed by atoms with Gasteiger partial charge in [-0.15, -0.1) is 0 Å². The molecule has 1 aromatic carbocycles. The number of nitrogens with zero attached hydrogens (tertiary/aromatic N) is 1. The third-order valence-corrected chi connectivity index (χ3v) is 15.1. The minimum absolute atomic E-state index is 0.0560. The van der Waals surface area contributed by atoms with E-state index in [-0.39, 0.29) is 36.3 Å². The van der Waals surface area contributed by atoms with Crippen molar-refractivity contribution < 1.29 is 64.8 Å². The molecule has 5 aliphatic heterocycles. The van der Waals surface area contributed by atoms with Gasteiger partial charge < -0.3 is 47.5 Å². The molecule has 0 N–H and O–H groups in total. The number of hydrogen-bond donors (Lipinski definition) is 0. The highest BCUT2D eigenvalue weighted by molar-refractivity contribution is 7.85. The third kappa shape index (κ3) is 10.1. The first-order valence-corrected chi connectivity index (χ1v) is 23.8. The molecule has 4 saturated heterocycles. The fourth-order valence-electron chi connectivity index (χ4n) is 10.6. The Kier molecular flexibility index (Phi) is 14.7. The van der Waals surface area contributed by atoms with Crippen LogP contribution in [0.15, 0.2) is 41.7 Å². The molecule has 16 heteroatoms. The molecule has 0 aliphatic carbocycles. The monoisotopic (exact) mass is 893 g/mol. The lowest BCUT2D eigenvalue weighted by atomic mass is 9.79. The number of esters is 2. The van der Waals surface area contributed by atoms with Crippen LogP contribution < -0.4 is 0 Å². The number of benzene rings is 1. The topological polar surface area (TPSA) is 167 Å². The molecule has 0 radical (unpaired) electrons.